The molecule has 6 heteroatoms. The molecule has 25 heavy (non-hydrogen) atoms. The predicted molar refractivity (Wildman–Crippen MR) is 103 cm³/mol. The van der Waals surface area contributed by atoms with Crippen molar-refractivity contribution >= 4 is 34.4 Å². The highest BCUT2D eigenvalue weighted by Gasteiger charge is 2.05. The maximum absolute atomic E-state index is 4.64. The Hall–Kier alpha value is -2.86. The van der Waals surface area contributed by atoms with Crippen LogP contribution in [0.3, 0.4) is 0 Å². The van der Waals surface area contributed by atoms with Gasteiger partial charge in [0.1, 0.15) is 0 Å². The van der Waals surface area contributed by atoms with E-state index in [0.717, 1.165) is 33.7 Å². The van der Waals surface area contributed by atoms with Crippen LogP contribution in [0.1, 0.15) is 6.92 Å². The summed E-state index contributed by atoms with van der Waals surface area (Å²) in [7, 11) is 0. The molecular formula is C19H17N5S. The SMILES string of the molecule is CCSc1cccc(Nc2nccc(-c3ccc4nc[nH]c4c3)n2)c1. The molecule has 0 fully saturated rings. The van der Waals surface area contributed by atoms with Gasteiger partial charge in [0.2, 0.25) is 5.95 Å². The molecule has 2 heterocycles. The Kier molecular flexibility index (Phi) is 4.35. The number of hydrogen-bond donors (Lipinski definition) is 2. The van der Waals surface area contributed by atoms with Gasteiger partial charge >= 0.3 is 0 Å². The summed E-state index contributed by atoms with van der Waals surface area (Å²) in [5.41, 5.74) is 4.82. The minimum atomic E-state index is 0.584. The molecule has 2 N–H and O–H groups in total. The Balaban J connectivity index is 1.61. The van der Waals surface area contributed by atoms with Crippen LogP contribution in [-0.2, 0) is 0 Å². The first-order valence-electron chi connectivity index (χ1n) is 8.08. The van der Waals surface area contributed by atoms with Crippen molar-refractivity contribution in [2.75, 3.05) is 11.1 Å². The van der Waals surface area contributed by atoms with Crippen LogP contribution in [0.25, 0.3) is 22.3 Å². The number of rotatable bonds is 5. The molecule has 2 aromatic heterocycles. The van der Waals surface area contributed by atoms with Crippen molar-refractivity contribution in [1.82, 2.24) is 19.9 Å². The molecule has 5 nitrogen and oxygen atoms in total. The summed E-state index contributed by atoms with van der Waals surface area (Å²) in [5.74, 6) is 1.63. The van der Waals surface area contributed by atoms with Crippen LogP contribution in [0, 0.1) is 0 Å². The molecule has 0 amide bonds. The summed E-state index contributed by atoms with van der Waals surface area (Å²) in [6.45, 7) is 2.15. The third kappa shape index (κ3) is 3.49. The largest absolute Gasteiger partial charge is 0.345 e. The van der Waals surface area contributed by atoms with E-state index in [1.807, 2.05) is 48.2 Å². The number of nitrogens with zero attached hydrogens (tertiary/aromatic N) is 3. The van der Waals surface area contributed by atoms with Gasteiger partial charge in [-0.2, -0.15) is 0 Å². The summed E-state index contributed by atoms with van der Waals surface area (Å²) in [6, 6.07) is 16.2. The quantitative estimate of drug-likeness (QED) is 0.504. The lowest BCUT2D eigenvalue weighted by Crippen LogP contribution is -1.98. The zero-order valence-electron chi connectivity index (χ0n) is 13.7. The fraction of sp³-hybridized carbons (Fsp3) is 0.105. The van der Waals surface area contributed by atoms with Crippen molar-refractivity contribution in [1.29, 1.82) is 0 Å². The molecule has 0 radical (unpaired) electrons. The van der Waals surface area contributed by atoms with Gasteiger partial charge in [-0.25, -0.2) is 15.0 Å². The molecule has 0 atom stereocenters. The summed E-state index contributed by atoms with van der Waals surface area (Å²) in [5, 5.41) is 3.29. The lowest BCUT2D eigenvalue weighted by atomic mass is 10.1. The van der Waals surface area contributed by atoms with E-state index < -0.39 is 0 Å². The van der Waals surface area contributed by atoms with Crippen LogP contribution >= 0.6 is 11.8 Å². The van der Waals surface area contributed by atoms with Crippen molar-refractivity contribution < 1.29 is 0 Å². The fourth-order valence-corrected chi connectivity index (χ4v) is 3.35. The minimum absolute atomic E-state index is 0.584. The molecule has 0 aliphatic rings. The van der Waals surface area contributed by atoms with E-state index >= 15 is 0 Å². The van der Waals surface area contributed by atoms with Gasteiger partial charge in [-0.1, -0.05) is 19.1 Å². The highest BCUT2D eigenvalue weighted by molar-refractivity contribution is 7.99. The van der Waals surface area contributed by atoms with Gasteiger partial charge in [0, 0.05) is 22.3 Å². The van der Waals surface area contributed by atoms with Gasteiger partial charge < -0.3 is 10.3 Å². The summed E-state index contributed by atoms with van der Waals surface area (Å²) in [6.07, 6.45) is 3.47. The number of anilines is 2. The first-order chi connectivity index (χ1) is 12.3. The number of thioether (sulfide) groups is 1. The molecule has 2 aromatic carbocycles. The number of hydrogen-bond acceptors (Lipinski definition) is 5. The van der Waals surface area contributed by atoms with E-state index in [9.17, 15) is 0 Å². The zero-order chi connectivity index (χ0) is 17.1. The van der Waals surface area contributed by atoms with E-state index in [-0.39, 0.29) is 0 Å². The highest BCUT2D eigenvalue weighted by Crippen LogP contribution is 2.25. The van der Waals surface area contributed by atoms with Crippen molar-refractivity contribution in [2.24, 2.45) is 0 Å². The standard InChI is InChI=1S/C19H17N5S/c1-2-25-15-5-3-4-14(11-15)23-19-20-9-8-16(24-19)13-6-7-17-18(10-13)22-12-21-17/h3-12H,2H2,1H3,(H,21,22)(H,20,23,24). The van der Waals surface area contributed by atoms with Gasteiger partial charge in [0.15, 0.2) is 0 Å². The van der Waals surface area contributed by atoms with E-state index in [0.29, 0.717) is 5.95 Å². The molecule has 0 unspecified atom stereocenters. The number of fused-ring (bicyclic) bond motifs is 1. The molecule has 0 bridgehead atoms. The third-order valence-corrected chi connectivity index (χ3v) is 4.65. The van der Waals surface area contributed by atoms with Gasteiger partial charge in [0.05, 0.1) is 23.1 Å². The Labute approximate surface area is 149 Å². The molecule has 0 saturated heterocycles. The van der Waals surface area contributed by atoms with Crippen LogP contribution in [0.15, 0.2) is 66.0 Å². The monoisotopic (exact) mass is 347 g/mol. The van der Waals surface area contributed by atoms with Gasteiger partial charge in [-0.05, 0) is 42.2 Å². The number of imidazole rings is 1. The first kappa shape index (κ1) is 15.7. The molecule has 0 saturated carbocycles. The fourth-order valence-electron chi connectivity index (χ4n) is 2.63. The topological polar surface area (TPSA) is 66.5 Å². The normalized spacial score (nSPS) is 10.9. The van der Waals surface area contributed by atoms with Crippen molar-refractivity contribution in [3.05, 3.63) is 61.1 Å². The number of benzene rings is 2. The number of aromatic nitrogens is 4. The number of nitrogens with one attached hydrogen (secondary N) is 2. The van der Waals surface area contributed by atoms with Crippen molar-refractivity contribution in [2.45, 2.75) is 11.8 Å². The third-order valence-electron chi connectivity index (χ3n) is 3.77. The van der Waals surface area contributed by atoms with E-state index in [4.69, 9.17) is 0 Å². The molecule has 4 aromatic rings. The zero-order valence-corrected chi connectivity index (χ0v) is 14.5. The lowest BCUT2D eigenvalue weighted by molar-refractivity contribution is 1.17. The lowest BCUT2D eigenvalue weighted by Gasteiger charge is -2.08. The highest BCUT2D eigenvalue weighted by atomic mass is 32.2. The molecule has 4 rings (SSSR count). The predicted octanol–water partition coefficient (Wildman–Crippen LogP) is 4.88. The average Bonchev–Trinajstić information content (AvgIpc) is 3.10. The second kappa shape index (κ2) is 6.94. The molecule has 0 spiro atoms. The maximum Gasteiger partial charge on any atom is 0.227 e. The average molecular weight is 347 g/mol. The minimum Gasteiger partial charge on any atom is -0.345 e. The summed E-state index contributed by atoms with van der Waals surface area (Å²) >= 11 is 1.81. The molecular weight excluding hydrogens is 330 g/mol. The Bertz CT molecular complexity index is 1010. The van der Waals surface area contributed by atoms with Crippen LogP contribution in [0.4, 0.5) is 11.6 Å². The van der Waals surface area contributed by atoms with Crippen molar-refractivity contribution in [3.8, 4) is 11.3 Å². The second-order valence-electron chi connectivity index (χ2n) is 5.49. The number of H-pyrrole nitrogens is 1. The van der Waals surface area contributed by atoms with Gasteiger partial charge in [-0.3, -0.25) is 0 Å². The molecule has 0 aliphatic heterocycles. The maximum atomic E-state index is 4.64. The van der Waals surface area contributed by atoms with Crippen LogP contribution in [-0.4, -0.2) is 25.7 Å². The smallest absolute Gasteiger partial charge is 0.227 e. The number of aromatic amines is 1. The van der Waals surface area contributed by atoms with E-state index in [2.05, 4.69) is 44.3 Å². The summed E-state index contributed by atoms with van der Waals surface area (Å²) < 4.78 is 0. The van der Waals surface area contributed by atoms with Gasteiger partial charge in [-0.15, -0.1) is 11.8 Å². The van der Waals surface area contributed by atoms with E-state index in [1.54, 1.807) is 12.5 Å². The first-order valence-corrected chi connectivity index (χ1v) is 9.07. The van der Waals surface area contributed by atoms with E-state index in [1.165, 1.54) is 4.90 Å². The van der Waals surface area contributed by atoms with Crippen LogP contribution in [0.5, 0.6) is 0 Å². The summed E-state index contributed by atoms with van der Waals surface area (Å²) in [4.78, 5) is 17.6. The van der Waals surface area contributed by atoms with Crippen LogP contribution in [0.2, 0.25) is 0 Å². The molecule has 124 valence electrons. The Morgan fingerprint density at radius 3 is 2.96 bits per heavy atom. The Morgan fingerprint density at radius 2 is 2.04 bits per heavy atom. The van der Waals surface area contributed by atoms with Crippen LogP contribution < -0.4 is 5.32 Å². The Morgan fingerprint density at radius 1 is 1.08 bits per heavy atom. The second-order valence-corrected chi connectivity index (χ2v) is 6.82. The molecule has 0 aliphatic carbocycles. The van der Waals surface area contributed by atoms with Crippen molar-refractivity contribution in [3.63, 3.8) is 0 Å². The van der Waals surface area contributed by atoms with Gasteiger partial charge in [0.25, 0.3) is 0 Å².